The molecular formula is C20H45NO5P2. The van der Waals surface area contributed by atoms with Crippen LogP contribution in [0.1, 0.15) is 46.0 Å². The Morgan fingerprint density at radius 2 is 1.21 bits per heavy atom. The van der Waals surface area contributed by atoms with Crippen LogP contribution >= 0.6 is 17.2 Å². The highest BCUT2D eigenvalue weighted by atomic mass is 31.1. The number of hydroxylamine groups is 2. The van der Waals surface area contributed by atoms with E-state index in [-0.39, 0.29) is 12.6 Å². The standard InChI is InChI=1S/C20H45NO5P2/c1-7-13-26-21(12-17-28-16-11-20(24-5)25-6)18(8-2)9-14-27-15-10-19(22-3)23-4/h18-20,27-28H,7-17H2,1-6H3. The van der Waals surface area contributed by atoms with Crippen LogP contribution in [0.4, 0.5) is 0 Å². The van der Waals surface area contributed by atoms with E-state index in [1.807, 2.05) is 0 Å². The summed E-state index contributed by atoms with van der Waals surface area (Å²) in [6.07, 6.45) is 9.92. The van der Waals surface area contributed by atoms with E-state index in [0.29, 0.717) is 6.04 Å². The maximum atomic E-state index is 6.10. The molecule has 0 saturated heterocycles. The van der Waals surface area contributed by atoms with Crippen molar-refractivity contribution in [2.24, 2.45) is 0 Å². The zero-order chi connectivity index (χ0) is 21.0. The van der Waals surface area contributed by atoms with Gasteiger partial charge in [0.1, 0.15) is 0 Å². The average Bonchev–Trinajstić information content (AvgIpc) is 2.73. The van der Waals surface area contributed by atoms with Gasteiger partial charge in [-0.2, -0.15) is 5.06 Å². The van der Waals surface area contributed by atoms with Gasteiger partial charge in [0.15, 0.2) is 12.6 Å². The summed E-state index contributed by atoms with van der Waals surface area (Å²) in [5, 5.41) is 2.26. The van der Waals surface area contributed by atoms with Crippen LogP contribution in [-0.2, 0) is 23.8 Å². The van der Waals surface area contributed by atoms with E-state index in [4.69, 9.17) is 23.8 Å². The molecule has 0 aliphatic rings. The summed E-state index contributed by atoms with van der Waals surface area (Å²) in [4.78, 5) is 6.10. The Labute approximate surface area is 177 Å². The van der Waals surface area contributed by atoms with Crippen LogP contribution < -0.4 is 0 Å². The lowest BCUT2D eigenvalue weighted by molar-refractivity contribution is -0.184. The van der Waals surface area contributed by atoms with Crippen molar-refractivity contribution in [2.45, 2.75) is 64.6 Å². The molecule has 0 saturated carbocycles. The van der Waals surface area contributed by atoms with Crippen molar-refractivity contribution in [2.75, 3.05) is 66.2 Å². The van der Waals surface area contributed by atoms with Gasteiger partial charge in [-0.15, -0.1) is 17.2 Å². The van der Waals surface area contributed by atoms with Crippen molar-refractivity contribution >= 4 is 17.2 Å². The van der Waals surface area contributed by atoms with Crippen LogP contribution in [0.5, 0.6) is 0 Å². The van der Waals surface area contributed by atoms with E-state index in [9.17, 15) is 0 Å². The highest BCUT2D eigenvalue weighted by Crippen LogP contribution is 2.21. The molecule has 8 heteroatoms. The van der Waals surface area contributed by atoms with Crippen molar-refractivity contribution < 1.29 is 23.8 Å². The lowest BCUT2D eigenvalue weighted by Gasteiger charge is -2.30. The van der Waals surface area contributed by atoms with E-state index < -0.39 is 0 Å². The third-order valence-corrected chi connectivity index (χ3v) is 7.17. The second kappa shape index (κ2) is 20.9. The van der Waals surface area contributed by atoms with Gasteiger partial charge in [-0.1, -0.05) is 13.8 Å². The second-order valence-electron chi connectivity index (χ2n) is 6.70. The molecule has 0 aromatic carbocycles. The molecule has 3 atom stereocenters. The summed E-state index contributed by atoms with van der Waals surface area (Å²) in [7, 11) is 8.69. The maximum Gasteiger partial charge on any atom is 0.157 e. The van der Waals surface area contributed by atoms with Gasteiger partial charge in [-0.05, 0) is 43.9 Å². The highest BCUT2D eigenvalue weighted by Gasteiger charge is 2.17. The first-order chi connectivity index (χ1) is 13.7. The largest absolute Gasteiger partial charge is 0.356 e. The van der Waals surface area contributed by atoms with Crippen molar-refractivity contribution in [1.82, 2.24) is 5.06 Å². The van der Waals surface area contributed by atoms with Crippen LogP contribution in [0.2, 0.25) is 0 Å². The zero-order valence-electron chi connectivity index (χ0n) is 19.0. The lowest BCUT2D eigenvalue weighted by atomic mass is 10.1. The normalized spacial score (nSPS) is 14.0. The van der Waals surface area contributed by atoms with E-state index in [1.165, 1.54) is 24.9 Å². The second-order valence-corrected chi connectivity index (χ2v) is 9.70. The molecule has 0 N–H and O–H groups in total. The van der Waals surface area contributed by atoms with Gasteiger partial charge in [-0.25, -0.2) is 0 Å². The summed E-state index contributed by atoms with van der Waals surface area (Å²) >= 11 is 0. The molecule has 0 aliphatic carbocycles. The number of ether oxygens (including phenoxy) is 4. The Hall–Kier alpha value is 0.620. The van der Waals surface area contributed by atoms with Gasteiger partial charge in [0, 0.05) is 53.9 Å². The molecule has 0 bridgehead atoms. The molecule has 28 heavy (non-hydrogen) atoms. The molecule has 0 fully saturated rings. The van der Waals surface area contributed by atoms with Gasteiger partial charge in [0.2, 0.25) is 0 Å². The van der Waals surface area contributed by atoms with E-state index in [2.05, 4.69) is 18.9 Å². The SMILES string of the molecule is CCCON(CCPCCC(OC)OC)C(CC)CCPCCC(OC)OC. The molecule has 3 unspecified atom stereocenters. The summed E-state index contributed by atoms with van der Waals surface area (Å²) in [6, 6.07) is 0.509. The molecule has 0 heterocycles. The van der Waals surface area contributed by atoms with Gasteiger partial charge >= 0.3 is 0 Å². The number of hydrogen-bond donors (Lipinski definition) is 0. The molecular weight excluding hydrogens is 396 g/mol. The topological polar surface area (TPSA) is 49.4 Å². The summed E-state index contributed by atoms with van der Waals surface area (Å²) < 4.78 is 21.0. The number of methoxy groups -OCH3 is 4. The van der Waals surface area contributed by atoms with Crippen LogP contribution in [0, 0.1) is 0 Å². The van der Waals surface area contributed by atoms with Crippen molar-refractivity contribution in [3.8, 4) is 0 Å². The fourth-order valence-electron chi connectivity index (χ4n) is 2.92. The first-order valence-electron chi connectivity index (χ1n) is 10.6. The van der Waals surface area contributed by atoms with E-state index in [1.54, 1.807) is 28.4 Å². The molecule has 6 nitrogen and oxygen atoms in total. The Morgan fingerprint density at radius 1 is 0.714 bits per heavy atom. The molecule has 0 radical (unpaired) electrons. The van der Waals surface area contributed by atoms with Crippen molar-refractivity contribution in [3.05, 3.63) is 0 Å². The van der Waals surface area contributed by atoms with Gasteiger partial charge < -0.3 is 18.9 Å². The average molecular weight is 442 g/mol. The summed E-state index contributed by atoms with van der Waals surface area (Å²) in [5.41, 5.74) is 0. The zero-order valence-corrected chi connectivity index (χ0v) is 21.0. The number of rotatable bonds is 21. The molecule has 0 aliphatic heterocycles. The van der Waals surface area contributed by atoms with Crippen LogP contribution in [0.25, 0.3) is 0 Å². The quantitative estimate of drug-likeness (QED) is 0.115. The molecule has 0 spiro atoms. The Bertz CT molecular complexity index is 321. The first kappa shape index (κ1) is 28.6. The minimum atomic E-state index is -0.0693. The minimum Gasteiger partial charge on any atom is -0.356 e. The Morgan fingerprint density at radius 3 is 1.68 bits per heavy atom. The summed E-state index contributed by atoms with van der Waals surface area (Å²) in [5.74, 6) is 0. The van der Waals surface area contributed by atoms with Gasteiger partial charge in [0.25, 0.3) is 0 Å². The van der Waals surface area contributed by atoms with Crippen LogP contribution in [0.15, 0.2) is 0 Å². The minimum absolute atomic E-state index is 0.0596. The van der Waals surface area contributed by atoms with Crippen molar-refractivity contribution in [3.63, 3.8) is 0 Å². The van der Waals surface area contributed by atoms with Crippen LogP contribution in [0.3, 0.4) is 0 Å². The number of hydrogen-bond acceptors (Lipinski definition) is 6. The lowest BCUT2D eigenvalue weighted by Crippen LogP contribution is -2.37. The summed E-state index contributed by atoms with van der Waals surface area (Å²) in [6.45, 7) is 6.26. The third-order valence-electron chi connectivity index (χ3n) is 4.67. The van der Waals surface area contributed by atoms with Crippen LogP contribution in [-0.4, -0.2) is 89.9 Å². The molecule has 0 aromatic rings. The number of nitrogens with zero attached hydrogens (tertiary/aromatic N) is 1. The third kappa shape index (κ3) is 14.6. The smallest absolute Gasteiger partial charge is 0.157 e. The van der Waals surface area contributed by atoms with Gasteiger partial charge in [-0.3, -0.25) is 4.84 Å². The predicted molar refractivity (Wildman–Crippen MR) is 123 cm³/mol. The van der Waals surface area contributed by atoms with E-state index in [0.717, 1.165) is 62.2 Å². The molecule has 170 valence electrons. The predicted octanol–water partition coefficient (Wildman–Crippen LogP) is 4.17. The maximum absolute atomic E-state index is 6.10. The molecule has 0 aromatic heterocycles. The fourth-order valence-corrected chi connectivity index (χ4v) is 5.22. The van der Waals surface area contributed by atoms with Crippen molar-refractivity contribution in [1.29, 1.82) is 0 Å². The van der Waals surface area contributed by atoms with Gasteiger partial charge in [0.05, 0.1) is 6.61 Å². The fraction of sp³-hybridized carbons (Fsp3) is 1.00. The monoisotopic (exact) mass is 441 g/mol. The Kier molecular flexibility index (Phi) is 21.3. The Balaban J connectivity index is 4.18. The molecule has 0 amide bonds. The highest BCUT2D eigenvalue weighted by molar-refractivity contribution is 7.38. The molecule has 0 rings (SSSR count). The first-order valence-corrected chi connectivity index (χ1v) is 13.4. The van der Waals surface area contributed by atoms with E-state index >= 15 is 0 Å².